The minimum Gasteiger partial charge on any atom is -0.378 e. The van der Waals surface area contributed by atoms with E-state index in [0.29, 0.717) is 6.10 Å². The molecule has 3 rings (SSSR count). The van der Waals surface area contributed by atoms with Crippen LogP contribution >= 0.6 is 0 Å². The first-order valence-electron chi connectivity index (χ1n) is 9.47. The van der Waals surface area contributed by atoms with E-state index in [-0.39, 0.29) is 0 Å². The summed E-state index contributed by atoms with van der Waals surface area (Å²) in [6, 6.07) is 8.93. The van der Waals surface area contributed by atoms with Crippen LogP contribution in [0.25, 0.3) is 0 Å². The molecular formula is C20H32N2O. The van der Waals surface area contributed by atoms with Crippen molar-refractivity contribution in [2.75, 3.05) is 44.2 Å². The molecule has 2 fully saturated rings. The second kappa shape index (κ2) is 8.70. The number of rotatable bonds is 6. The highest BCUT2D eigenvalue weighted by atomic mass is 16.5. The molecule has 23 heavy (non-hydrogen) atoms. The minimum atomic E-state index is 0.558. The molecule has 128 valence electrons. The van der Waals surface area contributed by atoms with Gasteiger partial charge >= 0.3 is 0 Å². The Kier molecular flexibility index (Phi) is 6.35. The molecule has 1 aliphatic carbocycles. The Hall–Kier alpha value is -1.06. The Morgan fingerprint density at radius 2 is 1.65 bits per heavy atom. The van der Waals surface area contributed by atoms with Crippen LogP contribution in [0.5, 0.6) is 0 Å². The smallest absolute Gasteiger partial charge is 0.0575 e. The predicted molar refractivity (Wildman–Crippen MR) is 97.3 cm³/mol. The van der Waals surface area contributed by atoms with Gasteiger partial charge in [0.25, 0.3) is 0 Å². The Bertz CT molecular complexity index is 445. The monoisotopic (exact) mass is 316 g/mol. The predicted octanol–water partition coefficient (Wildman–Crippen LogP) is 3.86. The maximum atomic E-state index is 6.04. The quantitative estimate of drug-likeness (QED) is 0.741. The molecule has 0 radical (unpaired) electrons. The van der Waals surface area contributed by atoms with Gasteiger partial charge in [0.15, 0.2) is 0 Å². The van der Waals surface area contributed by atoms with Crippen molar-refractivity contribution in [1.82, 2.24) is 4.90 Å². The molecule has 0 N–H and O–H groups in total. The lowest BCUT2D eigenvalue weighted by Gasteiger charge is -2.36. The van der Waals surface area contributed by atoms with Gasteiger partial charge in [-0.1, -0.05) is 37.0 Å². The third kappa shape index (κ3) is 5.22. The molecule has 1 aromatic carbocycles. The molecule has 1 heterocycles. The van der Waals surface area contributed by atoms with Gasteiger partial charge in [-0.3, -0.25) is 4.90 Å². The summed E-state index contributed by atoms with van der Waals surface area (Å²) in [7, 11) is 0. The van der Waals surface area contributed by atoms with Gasteiger partial charge in [-0.25, -0.2) is 0 Å². The van der Waals surface area contributed by atoms with Crippen LogP contribution in [-0.4, -0.2) is 50.3 Å². The lowest BCUT2D eigenvalue weighted by Crippen LogP contribution is -2.46. The first kappa shape index (κ1) is 16.8. The molecule has 0 amide bonds. The second-order valence-corrected chi connectivity index (χ2v) is 7.15. The highest BCUT2D eigenvalue weighted by Gasteiger charge is 2.17. The first-order valence-corrected chi connectivity index (χ1v) is 9.47. The lowest BCUT2D eigenvalue weighted by molar-refractivity contribution is 0.0233. The zero-order valence-electron chi connectivity index (χ0n) is 14.7. The van der Waals surface area contributed by atoms with Crippen molar-refractivity contribution in [2.45, 2.75) is 51.6 Å². The van der Waals surface area contributed by atoms with Gasteiger partial charge in [0.1, 0.15) is 0 Å². The third-order valence-corrected chi connectivity index (χ3v) is 5.30. The summed E-state index contributed by atoms with van der Waals surface area (Å²) in [5, 5.41) is 0. The SMILES string of the molecule is Cc1ccc(N2CCN(CCCOC3CCCCC3)CC2)cc1. The Balaban J connectivity index is 1.30. The molecule has 1 saturated heterocycles. The van der Waals surface area contributed by atoms with Crippen LogP contribution in [0.3, 0.4) is 0 Å². The maximum absolute atomic E-state index is 6.04. The largest absolute Gasteiger partial charge is 0.378 e. The number of hydrogen-bond acceptors (Lipinski definition) is 3. The number of aryl methyl sites for hydroxylation is 1. The van der Waals surface area contributed by atoms with Crippen LogP contribution in [0.15, 0.2) is 24.3 Å². The first-order chi connectivity index (χ1) is 11.3. The summed E-state index contributed by atoms with van der Waals surface area (Å²) in [5.74, 6) is 0. The van der Waals surface area contributed by atoms with E-state index >= 15 is 0 Å². The van der Waals surface area contributed by atoms with Gasteiger partial charge < -0.3 is 9.64 Å². The van der Waals surface area contributed by atoms with E-state index in [4.69, 9.17) is 4.74 Å². The van der Waals surface area contributed by atoms with E-state index in [1.54, 1.807) is 0 Å². The standard InChI is InChI=1S/C20H32N2O/c1-18-8-10-19(11-9-18)22-15-13-21(14-16-22)12-5-17-23-20-6-3-2-4-7-20/h8-11,20H,2-7,12-17H2,1H3. The molecule has 1 aliphatic heterocycles. The van der Waals surface area contributed by atoms with Gasteiger partial charge in [0.2, 0.25) is 0 Å². The van der Waals surface area contributed by atoms with Gasteiger partial charge in [-0.15, -0.1) is 0 Å². The zero-order valence-corrected chi connectivity index (χ0v) is 14.7. The molecule has 2 aliphatic rings. The summed E-state index contributed by atoms with van der Waals surface area (Å²) in [6.07, 6.45) is 8.45. The van der Waals surface area contributed by atoms with E-state index < -0.39 is 0 Å². The number of hydrogen-bond donors (Lipinski definition) is 0. The van der Waals surface area contributed by atoms with E-state index in [2.05, 4.69) is 41.0 Å². The molecule has 0 spiro atoms. The number of nitrogens with zero attached hydrogens (tertiary/aromatic N) is 2. The number of ether oxygens (including phenoxy) is 1. The molecule has 3 nitrogen and oxygen atoms in total. The Morgan fingerprint density at radius 1 is 0.957 bits per heavy atom. The summed E-state index contributed by atoms with van der Waals surface area (Å²) in [5.41, 5.74) is 2.71. The minimum absolute atomic E-state index is 0.558. The Morgan fingerprint density at radius 3 is 2.35 bits per heavy atom. The van der Waals surface area contributed by atoms with E-state index in [0.717, 1.165) is 19.7 Å². The summed E-state index contributed by atoms with van der Waals surface area (Å²) < 4.78 is 6.04. The van der Waals surface area contributed by atoms with Gasteiger partial charge in [-0.2, -0.15) is 0 Å². The molecule has 0 bridgehead atoms. The fourth-order valence-electron chi connectivity index (χ4n) is 3.76. The lowest BCUT2D eigenvalue weighted by atomic mass is 9.98. The fourth-order valence-corrected chi connectivity index (χ4v) is 3.76. The second-order valence-electron chi connectivity index (χ2n) is 7.15. The zero-order chi connectivity index (χ0) is 15.9. The Labute approximate surface area is 141 Å². The molecular weight excluding hydrogens is 284 g/mol. The van der Waals surface area contributed by atoms with Gasteiger partial charge in [-0.05, 0) is 38.3 Å². The molecule has 3 heteroatoms. The topological polar surface area (TPSA) is 15.7 Å². The van der Waals surface area contributed by atoms with E-state index in [1.807, 2.05) is 0 Å². The van der Waals surface area contributed by atoms with Crippen molar-refractivity contribution in [3.05, 3.63) is 29.8 Å². The van der Waals surface area contributed by atoms with Crippen molar-refractivity contribution in [2.24, 2.45) is 0 Å². The van der Waals surface area contributed by atoms with Crippen LogP contribution < -0.4 is 4.90 Å². The molecule has 1 aromatic rings. The van der Waals surface area contributed by atoms with Crippen molar-refractivity contribution < 1.29 is 4.74 Å². The average Bonchev–Trinajstić information content (AvgIpc) is 2.61. The normalized spacial score (nSPS) is 20.8. The van der Waals surface area contributed by atoms with Crippen molar-refractivity contribution >= 4 is 5.69 Å². The number of benzene rings is 1. The molecule has 0 aromatic heterocycles. The molecule has 0 atom stereocenters. The van der Waals surface area contributed by atoms with Crippen molar-refractivity contribution in [3.63, 3.8) is 0 Å². The third-order valence-electron chi connectivity index (χ3n) is 5.30. The van der Waals surface area contributed by atoms with Gasteiger partial charge in [0.05, 0.1) is 6.10 Å². The highest BCUT2D eigenvalue weighted by molar-refractivity contribution is 5.47. The number of piperazine rings is 1. The van der Waals surface area contributed by atoms with Crippen LogP contribution in [0.1, 0.15) is 44.1 Å². The molecule has 0 unspecified atom stereocenters. The average molecular weight is 316 g/mol. The van der Waals surface area contributed by atoms with Crippen LogP contribution in [-0.2, 0) is 4.74 Å². The maximum Gasteiger partial charge on any atom is 0.0575 e. The van der Waals surface area contributed by atoms with Crippen molar-refractivity contribution in [3.8, 4) is 0 Å². The highest BCUT2D eigenvalue weighted by Crippen LogP contribution is 2.20. The molecule has 1 saturated carbocycles. The number of anilines is 1. The van der Waals surface area contributed by atoms with Gasteiger partial charge in [0, 0.05) is 45.0 Å². The van der Waals surface area contributed by atoms with E-state index in [1.165, 1.54) is 69.4 Å². The van der Waals surface area contributed by atoms with E-state index in [9.17, 15) is 0 Å². The summed E-state index contributed by atoms with van der Waals surface area (Å²) >= 11 is 0. The summed E-state index contributed by atoms with van der Waals surface area (Å²) in [6.45, 7) is 8.93. The van der Waals surface area contributed by atoms with Crippen molar-refractivity contribution in [1.29, 1.82) is 0 Å². The van der Waals surface area contributed by atoms with Crippen LogP contribution in [0.4, 0.5) is 5.69 Å². The van der Waals surface area contributed by atoms with Crippen LogP contribution in [0.2, 0.25) is 0 Å². The summed E-state index contributed by atoms with van der Waals surface area (Å²) in [4.78, 5) is 5.10. The van der Waals surface area contributed by atoms with Crippen LogP contribution in [0, 0.1) is 6.92 Å². The fraction of sp³-hybridized carbons (Fsp3) is 0.700.